The average molecular weight is 568 g/mol. The van der Waals surface area contributed by atoms with Crippen LogP contribution in [-0.4, -0.2) is 94.3 Å². The Bertz CT molecular complexity index is 1230. The number of tetrazole rings is 1. The number of rotatable bonds is 9. The van der Waals surface area contributed by atoms with Gasteiger partial charge >= 0.3 is 5.97 Å². The van der Waals surface area contributed by atoms with Crippen LogP contribution in [0.2, 0.25) is 0 Å². The number of carbonyl (C=O) groups is 3. The number of carboxylic acids is 1. The first kappa shape index (κ1) is 25.7. The van der Waals surface area contributed by atoms with Gasteiger partial charge in [0.15, 0.2) is 10.8 Å². The van der Waals surface area contributed by atoms with Gasteiger partial charge in [-0.15, -0.1) is 28.2 Å². The Morgan fingerprint density at radius 2 is 2.19 bits per heavy atom. The van der Waals surface area contributed by atoms with Crippen molar-refractivity contribution in [3.8, 4) is 0 Å². The maximum absolute atomic E-state index is 13.2. The lowest BCUT2D eigenvalue weighted by Crippen LogP contribution is -2.74. The largest absolute Gasteiger partial charge is 0.481 e. The maximum atomic E-state index is 13.2. The van der Waals surface area contributed by atoms with Crippen LogP contribution in [0.1, 0.15) is 31.4 Å². The zero-order chi connectivity index (χ0) is 26.2. The number of nitrogens with zero attached hydrogens (tertiary/aromatic N) is 7. The third kappa shape index (κ3) is 5.11. The first-order chi connectivity index (χ1) is 17.8. The van der Waals surface area contributed by atoms with E-state index in [9.17, 15) is 19.5 Å². The molecule has 0 spiro atoms. The van der Waals surface area contributed by atoms with Gasteiger partial charge in [0.2, 0.25) is 11.1 Å². The van der Waals surface area contributed by atoms with Crippen LogP contribution < -0.4 is 11.1 Å². The van der Waals surface area contributed by atoms with E-state index in [1.165, 1.54) is 44.4 Å². The van der Waals surface area contributed by atoms with Crippen molar-refractivity contribution in [2.24, 2.45) is 17.6 Å². The summed E-state index contributed by atoms with van der Waals surface area (Å²) in [6.45, 7) is 0.0256. The monoisotopic (exact) mass is 567 g/mol. The van der Waals surface area contributed by atoms with Crippen molar-refractivity contribution >= 4 is 63.5 Å². The van der Waals surface area contributed by atoms with Crippen molar-refractivity contribution in [2.45, 2.75) is 48.4 Å². The molecule has 0 aromatic carbocycles. The lowest BCUT2D eigenvalue weighted by molar-refractivity contribution is -0.157. The SMILES string of the molecule is Cn1nnnc1SCC1(C(=O)O)CS[C@@H]2C(NC(=O)C(=NOC3CCCC3)c3csc(N)n3)C(=O)N2C1. The van der Waals surface area contributed by atoms with E-state index in [4.69, 9.17) is 10.6 Å². The third-order valence-corrected chi connectivity index (χ3v) is 10.1. The molecule has 0 radical (unpaired) electrons. The number of nitrogen functional groups attached to an aromatic ring is 1. The Kier molecular flexibility index (Phi) is 7.26. The molecule has 4 heterocycles. The van der Waals surface area contributed by atoms with Gasteiger partial charge in [-0.05, 0) is 36.1 Å². The highest BCUT2D eigenvalue weighted by Crippen LogP contribution is 2.44. The van der Waals surface area contributed by atoms with Crippen LogP contribution in [0.4, 0.5) is 5.13 Å². The lowest BCUT2D eigenvalue weighted by atomic mass is 9.89. The van der Waals surface area contributed by atoms with Gasteiger partial charge in [0.05, 0.1) is 0 Å². The number of thiazole rings is 1. The van der Waals surface area contributed by atoms with Gasteiger partial charge in [-0.2, -0.15) is 0 Å². The zero-order valence-corrected chi connectivity index (χ0v) is 22.2. The molecule has 3 atom stereocenters. The van der Waals surface area contributed by atoms with Gasteiger partial charge in [0.1, 0.15) is 28.6 Å². The normalized spacial score (nSPS) is 26.0. The number of β-lactam (4-membered cyclic amide) rings is 1. The number of carbonyl (C=O) groups excluding carboxylic acids is 2. The minimum absolute atomic E-state index is 0.0256. The number of amides is 2. The van der Waals surface area contributed by atoms with Crippen molar-refractivity contribution in [3.63, 3.8) is 0 Å². The van der Waals surface area contributed by atoms with Crippen molar-refractivity contribution in [1.29, 1.82) is 0 Å². The summed E-state index contributed by atoms with van der Waals surface area (Å²) in [5, 5.41) is 30.1. The molecule has 2 aliphatic heterocycles. The number of aromatic nitrogens is 5. The van der Waals surface area contributed by atoms with Gasteiger partial charge in [-0.1, -0.05) is 16.9 Å². The molecule has 4 N–H and O–H groups in total. The van der Waals surface area contributed by atoms with E-state index in [-0.39, 0.29) is 52.0 Å². The number of hydrogen-bond donors (Lipinski definition) is 3. The quantitative estimate of drug-likeness (QED) is 0.161. The molecule has 14 nitrogen and oxygen atoms in total. The van der Waals surface area contributed by atoms with E-state index in [1.54, 1.807) is 12.4 Å². The standard InChI is InChI=1S/C20H25N9O5S3/c1-28-19(24-26-27-28)37-9-20(17(32)33)7-29-15(31)13(16(29)36-8-20)23-14(30)12(11-6-35-18(21)22-11)25-34-10-4-2-3-5-10/h6,10,13,16H,2-5,7-9H2,1H3,(H2,21,22)(H,23,30)(H,32,33)/t13?,16-,20?/m1/s1. The summed E-state index contributed by atoms with van der Waals surface area (Å²) in [5.74, 6) is -1.49. The minimum atomic E-state index is -1.18. The van der Waals surface area contributed by atoms with E-state index in [0.29, 0.717) is 5.16 Å². The zero-order valence-electron chi connectivity index (χ0n) is 19.8. The van der Waals surface area contributed by atoms with Gasteiger partial charge in [-0.25, -0.2) is 9.67 Å². The Labute approximate surface area is 223 Å². The fraction of sp³-hybridized carbons (Fsp3) is 0.600. The lowest BCUT2D eigenvalue weighted by Gasteiger charge is -2.53. The van der Waals surface area contributed by atoms with Crippen molar-refractivity contribution < 1.29 is 24.3 Å². The summed E-state index contributed by atoms with van der Waals surface area (Å²) in [5.41, 5.74) is 4.81. The number of aryl methyl sites for hydroxylation is 1. The van der Waals surface area contributed by atoms with Crippen LogP contribution in [0, 0.1) is 5.41 Å². The fourth-order valence-corrected chi connectivity index (χ4v) is 7.64. The minimum Gasteiger partial charge on any atom is -0.481 e. The smallest absolute Gasteiger partial charge is 0.313 e. The van der Waals surface area contributed by atoms with Crippen molar-refractivity contribution in [1.82, 2.24) is 35.4 Å². The van der Waals surface area contributed by atoms with Gasteiger partial charge in [0.25, 0.3) is 5.91 Å². The van der Waals surface area contributed by atoms with Crippen molar-refractivity contribution in [3.05, 3.63) is 11.1 Å². The summed E-state index contributed by atoms with van der Waals surface area (Å²) in [6, 6.07) is -0.812. The highest BCUT2D eigenvalue weighted by Gasteiger charge is 2.57. The molecule has 198 valence electrons. The number of nitrogens with one attached hydrogen (secondary N) is 1. The predicted octanol–water partition coefficient (Wildman–Crippen LogP) is 0.175. The van der Waals surface area contributed by atoms with E-state index in [0.717, 1.165) is 25.7 Å². The molecule has 5 rings (SSSR count). The molecule has 37 heavy (non-hydrogen) atoms. The van der Waals surface area contributed by atoms with E-state index in [1.807, 2.05) is 0 Å². The first-order valence-corrected chi connectivity index (χ1v) is 14.5. The number of fused-ring (bicyclic) bond motifs is 1. The van der Waals surface area contributed by atoms with Gasteiger partial charge < -0.3 is 25.9 Å². The van der Waals surface area contributed by atoms with E-state index < -0.39 is 23.3 Å². The first-order valence-electron chi connectivity index (χ1n) is 11.5. The number of anilines is 1. The van der Waals surface area contributed by atoms with Crippen molar-refractivity contribution in [2.75, 3.05) is 23.8 Å². The molecule has 17 heteroatoms. The second kappa shape index (κ2) is 10.4. The molecule has 2 unspecified atom stereocenters. The summed E-state index contributed by atoms with van der Waals surface area (Å²) in [6.07, 6.45) is 3.75. The second-order valence-electron chi connectivity index (χ2n) is 9.10. The number of hydrogen-bond acceptors (Lipinski definition) is 13. The number of thioether (sulfide) groups is 2. The summed E-state index contributed by atoms with van der Waals surface area (Å²) >= 11 is 3.72. The molecular formula is C20H25N9O5S3. The van der Waals surface area contributed by atoms with Crippen LogP contribution in [0.3, 0.4) is 0 Å². The number of aliphatic carboxylic acids is 1. The number of oxime groups is 1. The van der Waals surface area contributed by atoms with Crippen LogP contribution in [-0.2, 0) is 26.3 Å². The molecule has 3 aliphatic rings. The summed E-state index contributed by atoms with van der Waals surface area (Å²) in [4.78, 5) is 49.7. The van der Waals surface area contributed by atoms with E-state index in [2.05, 4.69) is 31.0 Å². The highest BCUT2D eigenvalue weighted by molar-refractivity contribution is 8.00. The van der Waals surface area contributed by atoms with Crippen LogP contribution >= 0.6 is 34.9 Å². The van der Waals surface area contributed by atoms with Gasteiger partial charge in [-0.3, -0.25) is 14.4 Å². The topological polar surface area (TPSA) is 191 Å². The molecule has 3 fully saturated rings. The Hall–Kier alpha value is -2.92. The molecule has 2 aromatic heterocycles. The summed E-state index contributed by atoms with van der Waals surface area (Å²) in [7, 11) is 1.67. The predicted molar refractivity (Wildman–Crippen MR) is 136 cm³/mol. The van der Waals surface area contributed by atoms with Crippen LogP contribution in [0.25, 0.3) is 0 Å². The Morgan fingerprint density at radius 3 is 2.84 bits per heavy atom. The number of nitrogens with two attached hydrogens (primary N) is 1. The van der Waals surface area contributed by atoms with E-state index >= 15 is 0 Å². The second-order valence-corrected chi connectivity index (χ2v) is 12.0. The van der Waals surface area contributed by atoms with Crippen LogP contribution in [0.15, 0.2) is 15.7 Å². The average Bonchev–Trinajstić information content (AvgIpc) is 3.64. The fourth-order valence-electron chi connectivity index (χ4n) is 4.38. The number of carboxylic acid groups (broad SMARTS) is 1. The maximum Gasteiger partial charge on any atom is 0.313 e. The molecule has 2 aromatic rings. The molecule has 0 bridgehead atoms. The molecule has 1 saturated carbocycles. The third-order valence-electron chi connectivity index (χ3n) is 6.52. The Morgan fingerprint density at radius 1 is 1.41 bits per heavy atom. The molecule has 2 amide bonds. The Balaban J connectivity index is 1.25. The highest BCUT2D eigenvalue weighted by atomic mass is 32.2. The molecular weight excluding hydrogens is 542 g/mol. The molecule has 2 saturated heterocycles. The molecule has 1 aliphatic carbocycles. The van der Waals surface area contributed by atoms with Gasteiger partial charge in [0, 0.05) is 30.5 Å². The van der Waals surface area contributed by atoms with Crippen LogP contribution in [0.5, 0.6) is 0 Å². The summed E-state index contributed by atoms with van der Waals surface area (Å²) < 4.78 is 1.46.